The largest absolute Gasteiger partial charge is 0.464 e. The lowest BCUT2D eigenvalue weighted by Gasteiger charge is -2.24. The number of aliphatic hydroxyl groups is 2. The van der Waals surface area contributed by atoms with Gasteiger partial charge in [-0.1, -0.05) is 58.7 Å². The Morgan fingerprint density at radius 3 is 2.36 bits per heavy atom. The molecule has 45 heavy (non-hydrogen) atoms. The average molecular weight is 654 g/mol. The highest BCUT2D eigenvalue weighted by Crippen LogP contribution is 2.46. The Labute approximate surface area is 262 Å². The third kappa shape index (κ3) is 10.4. The van der Waals surface area contributed by atoms with Gasteiger partial charge in [0.2, 0.25) is 5.91 Å². The number of para-hydroxylation sites is 1. The summed E-state index contributed by atoms with van der Waals surface area (Å²) in [5, 5.41) is 30.5. The van der Waals surface area contributed by atoms with Crippen LogP contribution < -0.4 is 20.6 Å². The Morgan fingerprint density at radius 1 is 1.09 bits per heavy atom. The second-order valence-electron chi connectivity index (χ2n) is 11.3. The first-order valence-electron chi connectivity index (χ1n) is 15.1. The molecule has 16 heteroatoms. The molecule has 4 N–H and O–H groups in total. The van der Waals surface area contributed by atoms with Gasteiger partial charge >= 0.3 is 19.4 Å². The van der Waals surface area contributed by atoms with Crippen LogP contribution in [0.4, 0.5) is 5.82 Å². The van der Waals surface area contributed by atoms with E-state index in [4.69, 9.17) is 18.5 Å². The molecule has 0 bridgehead atoms. The maximum absolute atomic E-state index is 13.8. The van der Waals surface area contributed by atoms with Gasteiger partial charge in [0.1, 0.15) is 30.1 Å². The predicted octanol–water partition coefficient (Wildman–Crippen LogP) is 2.79. The molecule has 0 saturated carbocycles. The van der Waals surface area contributed by atoms with Crippen molar-refractivity contribution in [1.82, 2.24) is 19.9 Å². The molecule has 1 unspecified atom stereocenters. The van der Waals surface area contributed by atoms with Crippen LogP contribution in [0.3, 0.4) is 0 Å². The van der Waals surface area contributed by atoms with Crippen molar-refractivity contribution < 1.29 is 42.9 Å². The number of carbonyl (C=O) groups excluding carboxylic acids is 2. The molecule has 250 valence electrons. The lowest BCUT2D eigenvalue weighted by molar-refractivity contribution is -0.146. The molecule has 3 rings (SSSR count). The van der Waals surface area contributed by atoms with E-state index in [2.05, 4.69) is 20.5 Å². The van der Waals surface area contributed by atoms with Gasteiger partial charge in [-0.15, -0.1) is 0 Å². The fourth-order valence-electron chi connectivity index (χ4n) is 4.53. The van der Waals surface area contributed by atoms with Gasteiger partial charge in [0, 0.05) is 5.92 Å². The van der Waals surface area contributed by atoms with E-state index in [1.54, 1.807) is 18.2 Å². The van der Waals surface area contributed by atoms with Crippen molar-refractivity contribution >= 4 is 25.4 Å². The molecule has 6 atom stereocenters. The zero-order chi connectivity index (χ0) is 33.1. The SMILES string of the molecule is CCCC(CCC)C(=O)Nc1cnn([C@@H]2O[C@H](COP(=O)(N[C@@H](C)C(=O)OCC(C)C)Oc3ccccc3)[C@H](O)[C@@H]2O)c(=O)n1. The molecular weight excluding hydrogens is 609 g/mol. The topological polar surface area (TPSA) is 200 Å². The third-order valence-electron chi connectivity index (χ3n) is 6.83. The molecule has 0 aliphatic carbocycles. The Morgan fingerprint density at radius 2 is 1.76 bits per heavy atom. The van der Waals surface area contributed by atoms with Crippen LogP contribution in [0.25, 0.3) is 0 Å². The highest BCUT2D eigenvalue weighted by atomic mass is 31.2. The molecular formula is C29H44N5O10P. The van der Waals surface area contributed by atoms with E-state index in [1.807, 2.05) is 27.7 Å². The minimum absolute atomic E-state index is 0.0579. The van der Waals surface area contributed by atoms with Crippen molar-refractivity contribution in [3.05, 3.63) is 47.0 Å². The van der Waals surface area contributed by atoms with Crippen LogP contribution in [0.15, 0.2) is 41.3 Å². The van der Waals surface area contributed by atoms with Gasteiger partial charge in [-0.25, -0.2) is 9.36 Å². The van der Waals surface area contributed by atoms with Crippen molar-refractivity contribution in [2.24, 2.45) is 11.8 Å². The van der Waals surface area contributed by atoms with Gasteiger partial charge in [-0.05, 0) is 37.8 Å². The fourth-order valence-corrected chi connectivity index (χ4v) is 6.03. The average Bonchev–Trinajstić information content (AvgIpc) is 3.27. The number of nitrogens with zero attached hydrogens (tertiary/aromatic N) is 3. The van der Waals surface area contributed by atoms with E-state index in [9.17, 15) is 29.2 Å². The number of carbonyl (C=O) groups is 2. The van der Waals surface area contributed by atoms with Gasteiger partial charge in [0.15, 0.2) is 12.0 Å². The Bertz CT molecular complexity index is 1350. The zero-order valence-electron chi connectivity index (χ0n) is 26.2. The van der Waals surface area contributed by atoms with Gasteiger partial charge in [-0.2, -0.15) is 19.9 Å². The maximum Gasteiger partial charge on any atom is 0.459 e. The van der Waals surface area contributed by atoms with E-state index >= 15 is 0 Å². The standard InChI is InChI=1S/C29H44N5O10P/c1-6-11-20(12-7-2)26(37)31-23-15-30-34(29(39)32-23)27-25(36)24(35)22(43-27)17-42-45(40,44-21-13-9-8-10-14-21)33-19(5)28(38)41-16-18(3)4/h8-10,13-15,18-20,22,24-25,27,35-36H,6-7,11-12,16-17H2,1-5H3,(H,33,40)(H,31,32,37,39)/t19-,22+,24-,25-,27+,45?/m0/s1. The lowest BCUT2D eigenvalue weighted by Crippen LogP contribution is -2.38. The van der Waals surface area contributed by atoms with E-state index in [0.29, 0.717) is 12.8 Å². The minimum atomic E-state index is -4.30. The number of benzene rings is 1. The predicted molar refractivity (Wildman–Crippen MR) is 163 cm³/mol. The van der Waals surface area contributed by atoms with Gasteiger partial charge in [0.25, 0.3) is 0 Å². The van der Waals surface area contributed by atoms with Crippen molar-refractivity contribution in [2.75, 3.05) is 18.5 Å². The normalized spacial score (nSPS) is 21.8. The number of anilines is 1. The summed E-state index contributed by atoms with van der Waals surface area (Å²) in [7, 11) is -4.30. The Balaban J connectivity index is 1.71. The van der Waals surface area contributed by atoms with Gasteiger partial charge in [-0.3, -0.25) is 14.1 Å². The number of hydrogen-bond acceptors (Lipinski definition) is 12. The molecule has 1 fully saturated rings. The van der Waals surface area contributed by atoms with Crippen molar-refractivity contribution in [3.63, 3.8) is 0 Å². The first kappa shape index (κ1) is 36.3. The van der Waals surface area contributed by atoms with Crippen LogP contribution >= 0.6 is 7.75 Å². The smallest absolute Gasteiger partial charge is 0.459 e. The van der Waals surface area contributed by atoms with Crippen LogP contribution in [-0.4, -0.2) is 74.4 Å². The summed E-state index contributed by atoms with van der Waals surface area (Å²) in [6.07, 6.45) is -1.83. The molecule has 2 aromatic rings. The molecule has 2 heterocycles. The Hall–Kier alpha value is -3.20. The minimum Gasteiger partial charge on any atom is -0.464 e. The number of aliphatic hydroxyl groups excluding tert-OH is 2. The molecule has 15 nitrogen and oxygen atoms in total. The van der Waals surface area contributed by atoms with Gasteiger partial charge < -0.3 is 29.5 Å². The summed E-state index contributed by atoms with van der Waals surface area (Å²) in [6.45, 7) is 8.71. The number of ether oxygens (including phenoxy) is 2. The van der Waals surface area contributed by atoms with Gasteiger partial charge in [0.05, 0.1) is 19.4 Å². The summed E-state index contributed by atoms with van der Waals surface area (Å²) in [5.74, 6) is -0.982. The monoisotopic (exact) mass is 653 g/mol. The first-order valence-corrected chi connectivity index (χ1v) is 16.6. The van der Waals surface area contributed by atoms with E-state index in [1.165, 1.54) is 19.1 Å². The van der Waals surface area contributed by atoms with Crippen LogP contribution in [0.5, 0.6) is 5.75 Å². The summed E-state index contributed by atoms with van der Waals surface area (Å²) in [5.41, 5.74) is -0.943. The van der Waals surface area contributed by atoms with Crippen molar-refractivity contribution in [3.8, 4) is 5.75 Å². The number of esters is 1. The van der Waals surface area contributed by atoms with Crippen molar-refractivity contribution in [1.29, 1.82) is 0 Å². The molecule has 0 radical (unpaired) electrons. The molecule has 1 amide bonds. The zero-order valence-corrected chi connectivity index (χ0v) is 27.1. The summed E-state index contributed by atoms with van der Waals surface area (Å²) in [6, 6.07) is 6.99. The maximum atomic E-state index is 13.8. The third-order valence-corrected chi connectivity index (χ3v) is 8.48. The second kappa shape index (κ2) is 16.9. The quantitative estimate of drug-likeness (QED) is 0.144. The second-order valence-corrected chi connectivity index (χ2v) is 12.9. The number of rotatable bonds is 17. The summed E-state index contributed by atoms with van der Waals surface area (Å²) >= 11 is 0. The van der Waals surface area contributed by atoms with E-state index in [0.717, 1.165) is 23.7 Å². The van der Waals surface area contributed by atoms with Crippen LogP contribution in [0, 0.1) is 11.8 Å². The molecule has 1 saturated heterocycles. The number of amides is 1. The number of nitrogens with one attached hydrogen (secondary N) is 2. The molecule has 1 aliphatic heterocycles. The summed E-state index contributed by atoms with van der Waals surface area (Å²) in [4.78, 5) is 41.8. The van der Waals surface area contributed by atoms with E-state index in [-0.39, 0.29) is 35.9 Å². The summed E-state index contributed by atoms with van der Waals surface area (Å²) < 4.78 is 36.6. The number of hydrogen-bond donors (Lipinski definition) is 4. The highest BCUT2D eigenvalue weighted by Gasteiger charge is 2.46. The fraction of sp³-hybridized carbons (Fsp3) is 0.621. The number of aromatic nitrogens is 3. The molecule has 1 aromatic carbocycles. The van der Waals surface area contributed by atoms with Crippen LogP contribution in [0.1, 0.15) is 66.5 Å². The molecule has 1 aromatic heterocycles. The first-order chi connectivity index (χ1) is 21.4. The molecule has 0 spiro atoms. The van der Waals surface area contributed by atoms with Crippen LogP contribution in [-0.2, 0) is 28.2 Å². The highest BCUT2D eigenvalue weighted by molar-refractivity contribution is 7.52. The van der Waals surface area contributed by atoms with E-state index < -0.39 is 56.6 Å². The lowest BCUT2D eigenvalue weighted by atomic mass is 9.97. The van der Waals surface area contributed by atoms with Crippen LogP contribution in [0.2, 0.25) is 0 Å². The molecule has 1 aliphatic rings. The Kier molecular flexibility index (Phi) is 13.6. The van der Waals surface area contributed by atoms with Crippen molar-refractivity contribution in [2.45, 2.75) is 90.9 Å².